The van der Waals surface area contributed by atoms with Crippen LogP contribution in [0.25, 0.3) is 0 Å². The van der Waals surface area contributed by atoms with Crippen LogP contribution in [0.3, 0.4) is 0 Å². The van der Waals surface area contributed by atoms with Crippen molar-refractivity contribution in [3.05, 3.63) is 0 Å². The fourth-order valence-corrected chi connectivity index (χ4v) is 2.70. The number of ether oxygens (including phenoxy) is 2. The molecule has 0 saturated carbocycles. The van der Waals surface area contributed by atoms with Crippen LogP contribution in [-0.2, 0) is 14.3 Å². The van der Waals surface area contributed by atoms with Gasteiger partial charge in [0, 0.05) is 6.54 Å². The Balaban J connectivity index is 1.81. The first kappa shape index (κ1) is 13.8. The molecule has 18 heavy (non-hydrogen) atoms. The molecule has 2 fully saturated rings. The van der Waals surface area contributed by atoms with Crippen LogP contribution >= 0.6 is 0 Å². The molecule has 0 aliphatic carbocycles. The number of carbonyl (C=O) groups excluding carboxylic acids is 1. The van der Waals surface area contributed by atoms with Gasteiger partial charge in [-0.2, -0.15) is 0 Å². The number of hydrogen-bond donors (Lipinski definition) is 2. The summed E-state index contributed by atoms with van der Waals surface area (Å²) in [6.07, 6.45) is 2.77. The molecule has 1 amide bonds. The fraction of sp³-hybridized carbons (Fsp3) is 0.923. The second-order valence-corrected chi connectivity index (χ2v) is 5.63. The molecule has 0 radical (unpaired) electrons. The van der Waals surface area contributed by atoms with Crippen LogP contribution in [0.5, 0.6) is 0 Å². The van der Waals surface area contributed by atoms with E-state index in [9.17, 15) is 4.79 Å². The zero-order chi connectivity index (χ0) is 13.2. The van der Waals surface area contributed by atoms with E-state index in [1.54, 1.807) is 0 Å². The van der Waals surface area contributed by atoms with Crippen molar-refractivity contribution >= 4 is 5.91 Å². The summed E-state index contributed by atoms with van der Waals surface area (Å²) in [7, 11) is 0. The van der Waals surface area contributed by atoms with E-state index in [-0.39, 0.29) is 17.6 Å². The van der Waals surface area contributed by atoms with Crippen LogP contribution in [0.2, 0.25) is 0 Å². The Labute approximate surface area is 109 Å². The first-order valence-corrected chi connectivity index (χ1v) is 6.82. The topological polar surface area (TPSA) is 59.6 Å². The molecule has 2 aliphatic rings. The number of carbonyl (C=O) groups is 1. The maximum absolute atomic E-state index is 12.2. The summed E-state index contributed by atoms with van der Waals surface area (Å²) in [6, 6.07) is 0. The molecule has 2 aliphatic heterocycles. The lowest BCUT2D eigenvalue weighted by Gasteiger charge is -2.27. The third kappa shape index (κ3) is 2.84. The van der Waals surface area contributed by atoms with E-state index in [1.165, 1.54) is 0 Å². The van der Waals surface area contributed by atoms with Gasteiger partial charge in [-0.05, 0) is 39.7 Å². The smallest absolute Gasteiger partial charge is 0.240 e. The minimum Gasteiger partial charge on any atom is -0.352 e. The van der Waals surface area contributed by atoms with Crippen molar-refractivity contribution in [3.63, 3.8) is 0 Å². The van der Waals surface area contributed by atoms with Crippen molar-refractivity contribution in [1.82, 2.24) is 10.6 Å². The van der Waals surface area contributed by atoms with Crippen LogP contribution < -0.4 is 10.6 Å². The summed E-state index contributed by atoms with van der Waals surface area (Å²) in [5.74, 6) is -0.431. The van der Waals surface area contributed by atoms with Crippen molar-refractivity contribution < 1.29 is 14.3 Å². The van der Waals surface area contributed by atoms with E-state index < -0.39 is 5.79 Å². The van der Waals surface area contributed by atoms with E-state index in [0.717, 1.165) is 25.8 Å². The molecule has 5 nitrogen and oxygen atoms in total. The van der Waals surface area contributed by atoms with Crippen molar-refractivity contribution in [3.8, 4) is 0 Å². The van der Waals surface area contributed by atoms with Crippen molar-refractivity contribution in [2.45, 2.75) is 57.5 Å². The third-order valence-corrected chi connectivity index (χ3v) is 3.84. The highest BCUT2D eigenvalue weighted by Crippen LogP contribution is 2.24. The van der Waals surface area contributed by atoms with Crippen LogP contribution in [0.4, 0.5) is 0 Å². The lowest BCUT2D eigenvalue weighted by atomic mass is 9.93. The van der Waals surface area contributed by atoms with Gasteiger partial charge in [0.25, 0.3) is 0 Å². The summed E-state index contributed by atoms with van der Waals surface area (Å²) < 4.78 is 11.1. The minimum atomic E-state index is -0.524. The molecule has 0 aromatic rings. The van der Waals surface area contributed by atoms with Gasteiger partial charge in [-0.3, -0.25) is 4.79 Å². The monoisotopic (exact) mass is 256 g/mol. The van der Waals surface area contributed by atoms with Crippen LogP contribution in [0, 0.1) is 0 Å². The summed E-state index contributed by atoms with van der Waals surface area (Å²) in [6.45, 7) is 7.82. The Morgan fingerprint density at radius 1 is 1.50 bits per heavy atom. The average Bonchev–Trinajstić information content (AvgIpc) is 2.93. The molecule has 0 aromatic carbocycles. The lowest BCUT2D eigenvalue weighted by Crippen LogP contribution is -2.54. The largest absolute Gasteiger partial charge is 0.352 e. The zero-order valence-corrected chi connectivity index (χ0v) is 11.5. The van der Waals surface area contributed by atoms with E-state index in [4.69, 9.17) is 9.47 Å². The molecule has 2 rings (SSSR count). The van der Waals surface area contributed by atoms with Gasteiger partial charge in [0.1, 0.15) is 6.10 Å². The first-order chi connectivity index (χ1) is 8.47. The summed E-state index contributed by atoms with van der Waals surface area (Å²) in [4.78, 5) is 12.2. The van der Waals surface area contributed by atoms with Gasteiger partial charge in [-0.15, -0.1) is 0 Å². The number of nitrogens with one attached hydrogen (secondary N) is 2. The lowest BCUT2D eigenvalue weighted by molar-refractivity contribution is -0.140. The molecule has 5 heteroatoms. The fourth-order valence-electron chi connectivity index (χ4n) is 2.70. The number of rotatable bonds is 4. The van der Waals surface area contributed by atoms with Gasteiger partial charge in [0.05, 0.1) is 12.1 Å². The Kier molecular flexibility index (Phi) is 3.94. The van der Waals surface area contributed by atoms with Crippen molar-refractivity contribution in [1.29, 1.82) is 0 Å². The predicted octanol–water partition coefficient (Wildman–Crippen LogP) is 0.786. The van der Waals surface area contributed by atoms with Gasteiger partial charge in [0.2, 0.25) is 5.91 Å². The number of hydrogen-bond acceptors (Lipinski definition) is 4. The Bertz CT molecular complexity index is 311. The molecule has 2 atom stereocenters. The van der Waals surface area contributed by atoms with Gasteiger partial charge >= 0.3 is 0 Å². The Morgan fingerprint density at radius 2 is 2.28 bits per heavy atom. The SMILES string of the molecule is CCC1(C(=O)NCC2COC(C)(C)O2)CCCN1. The van der Waals surface area contributed by atoms with Crippen molar-refractivity contribution in [2.24, 2.45) is 0 Å². The normalized spacial score (nSPS) is 34.7. The summed E-state index contributed by atoms with van der Waals surface area (Å²) in [5.41, 5.74) is -0.366. The van der Waals surface area contributed by atoms with Crippen LogP contribution in [0.1, 0.15) is 40.0 Å². The quantitative estimate of drug-likeness (QED) is 0.780. The summed E-state index contributed by atoms with van der Waals surface area (Å²) in [5, 5.41) is 6.32. The maximum atomic E-state index is 12.2. The second kappa shape index (κ2) is 5.15. The zero-order valence-electron chi connectivity index (χ0n) is 11.5. The third-order valence-electron chi connectivity index (χ3n) is 3.84. The molecule has 0 bridgehead atoms. The highest BCUT2D eigenvalue weighted by molar-refractivity contribution is 5.86. The van der Waals surface area contributed by atoms with E-state index in [0.29, 0.717) is 13.2 Å². The van der Waals surface area contributed by atoms with Gasteiger partial charge in [-0.1, -0.05) is 6.92 Å². The van der Waals surface area contributed by atoms with Gasteiger partial charge < -0.3 is 20.1 Å². The van der Waals surface area contributed by atoms with E-state index >= 15 is 0 Å². The van der Waals surface area contributed by atoms with Crippen LogP contribution in [0.15, 0.2) is 0 Å². The highest BCUT2D eigenvalue weighted by Gasteiger charge is 2.40. The minimum absolute atomic E-state index is 0.0424. The molecular formula is C13H24N2O3. The second-order valence-electron chi connectivity index (χ2n) is 5.63. The number of amides is 1. The molecule has 2 heterocycles. The predicted molar refractivity (Wildman–Crippen MR) is 68.2 cm³/mol. The summed E-state index contributed by atoms with van der Waals surface area (Å²) >= 11 is 0. The first-order valence-electron chi connectivity index (χ1n) is 6.82. The highest BCUT2D eigenvalue weighted by atomic mass is 16.7. The van der Waals surface area contributed by atoms with Crippen LogP contribution in [-0.4, -0.2) is 43.0 Å². The van der Waals surface area contributed by atoms with Gasteiger partial charge in [0.15, 0.2) is 5.79 Å². The molecule has 2 unspecified atom stereocenters. The molecule has 0 aromatic heterocycles. The van der Waals surface area contributed by atoms with E-state index in [2.05, 4.69) is 17.6 Å². The Hall–Kier alpha value is -0.650. The molecule has 2 N–H and O–H groups in total. The molecular weight excluding hydrogens is 232 g/mol. The van der Waals surface area contributed by atoms with E-state index in [1.807, 2.05) is 13.8 Å². The average molecular weight is 256 g/mol. The molecule has 0 spiro atoms. The van der Waals surface area contributed by atoms with Crippen molar-refractivity contribution in [2.75, 3.05) is 19.7 Å². The standard InChI is InChI=1S/C13H24N2O3/c1-4-13(6-5-7-15-13)11(16)14-8-10-9-17-12(2,3)18-10/h10,15H,4-9H2,1-3H3,(H,14,16). The Morgan fingerprint density at radius 3 is 2.78 bits per heavy atom. The maximum Gasteiger partial charge on any atom is 0.240 e. The molecule has 2 saturated heterocycles. The molecule has 104 valence electrons. The van der Waals surface area contributed by atoms with Gasteiger partial charge in [-0.25, -0.2) is 0 Å².